The second-order valence-electron chi connectivity index (χ2n) is 6.49. The normalized spacial score (nSPS) is 13.2. The molecule has 5 nitrogen and oxygen atoms in total. The van der Waals surface area contributed by atoms with Gasteiger partial charge in [-0.05, 0) is 50.3 Å². The maximum absolute atomic E-state index is 12.7. The Morgan fingerprint density at radius 3 is 2.77 bits per heavy atom. The number of carbonyl (C=O) groups is 2. The van der Waals surface area contributed by atoms with E-state index in [1.807, 2.05) is 25.1 Å². The lowest BCUT2D eigenvalue weighted by atomic mass is 9.95. The van der Waals surface area contributed by atoms with Crippen LogP contribution in [0.3, 0.4) is 0 Å². The van der Waals surface area contributed by atoms with Crippen molar-refractivity contribution >= 4 is 28.2 Å². The summed E-state index contributed by atoms with van der Waals surface area (Å²) in [6.07, 6.45) is 4.06. The van der Waals surface area contributed by atoms with Crippen molar-refractivity contribution in [3.8, 4) is 0 Å². The van der Waals surface area contributed by atoms with Crippen LogP contribution in [0.15, 0.2) is 24.3 Å². The number of ether oxygens (including phenoxy) is 1. The molecule has 26 heavy (non-hydrogen) atoms. The quantitative estimate of drug-likeness (QED) is 0.762. The van der Waals surface area contributed by atoms with Gasteiger partial charge in [-0.25, -0.2) is 0 Å². The molecule has 1 aromatic carbocycles. The molecular weight excluding hydrogens is 348 g/mol. The fourth-order valence-corrected chi connectivity index (χ4v) is 4.49. The maximum Gasteiger partial charge on any atom is 0.256 e. The summed E-state index contributed by atoms with van der Waals surface area (Å²) in [5.41, 5.74) is 3.35. The number of carbonyl (C=O) groups excluding carboxylic acids is 2. The minimum Gasteiger partial charge on any atom is -0.383 e. The molecule has 0 bridgehead atoms. The highest BCUT2D eigenvalue weighted by Crippen LogP contribution is 2.38. The highest BCUT2D eigenvalue weighted by Gasteiger charge is 2.26. The predicted molar refractivity (Wildman–Crippen MR) is 104 cm³/mol. The highest BCUT2D eigenvalue weighted by atomic mass is 32.1. The minimum atomic E-state index is -0.182. The van der Waals surface area contributed by atoms with Crippen LogP contribution in [0.1, 0.15) is 49.6 Å². The Hall–Kier alpha value is -2.18. The minimum absolute atomic E-state index is 0.138. The van der Waals surface area contributed by atoms with Crippen molar-refractivity contribution in [3.05, 3.63) is 51.4 Å². The Balaban J connectivity index is 1.87. The zero-order valence-corrected chi connectivity index (χ0v) is 16.0. The SMILES string of the molecule is COCCNC(=O)c1c(NC(=O)c2cccc(C)c2)sc2c1CCCC2. The molecule has 2 N–H and O–H groups in total. The van der Waals surface area contributed by atoms with Gasteiger partial charge in [-0.15, -0.1) is 11.3 Å². The van der Waals surface area contributed by atoms with Crippen LogP contribution in [-0.2, 0) is 17.6 Å². The number of aryl methyl sites for hydroxylation is 2. The molecule has 2 amide bonds. The van der Waals surface area contributed by atoms with E-state index in [-0.39, 0.29) is 11.8 Å². The molecule has 2 aromatic rings. The van der Waals surface area contributed by atoms with Gasteiger partial charge in [-0.2, -0.15) is 0 Å². The van der Waals surface area contributed by atoms with E-state index in [0.29, 0.717) is 29.3 Å². The zero-order chi connectivity index (χ0) is 18.5. The number of rotatable bonds is 6. The Labute approximate surface area is 157 Å². The summed E-state index contributed by atoms with van der Waals surface area (Å²) in [6.45, 7) is 2.86. The number of fused-ring (bicyclic) bond motifs is 1. The average Bonchev–Trinajstić information content (AvgIpc) is 2.99. The molecule has 3 rings (SSSR count). The van der Waals surface area contributed by atoms with Gasteiger partial charge < -0.3 is 15.4 Å². The molecule has 0 saturated heterocycles. The number of nitrogens with one attached hydrogen (secondary N) is 2. The molecule has 6 heteroatoms. The Morgan fingerprint density at radius 2 is 2.00 bits per heavy atom. The van der Waals surface area contributed by atoms with Gasteiger partial charge in [0.15, 0.2) is 0 Å². The largest absolute Gasteiger partial charge is 0.383 e. The molecule has 0 atom stereocenters. The molecule has 0 saturated carbocycles. The molecule has 1 aliphatic rings. The van der Waals surface area contributed by atoms with Crippen LogP contribution >= 0.6 is 11.3 Å². The van der Waals surface area contributed by atoms with Crippen LogP contribution < -0.4 is 10.6 Å². The first-order chi connectivity index (χ1) is 12.6. The summed E-state index contributed by atoms with van der Waals surface area (Å²) in [7, 11) is 1.60. The van der Waals surface area contributed by atoms with E-state index in [1.54, 1.807) is 13.2 Å². The van der Waals surface area contributed by atoms with Gasteiger partial charge in [0.2, 0.25) is 0 Å². The van der Waals surface area contributed by atoms with Crippen molar-refractivity contribution in [3.63, 3.8) is 0 Å². The van der Waals surface area contributed by atoms with Crippen molar-refractivity contribution in [2.75, 3.05) is 25.6 Å². The van der Waals surface area contributed by atoms with Crippen molar-refractivity contribution < 1.29 is 14.3 Å². The molecule has 0 aliphatic heterocycles. The number of thiophene rings is 1. The van der Waals surface area contributed by atoms with Crippen molar-refractivity contribution in [2.24, 2.45) is 0 Å². The third kappa shape index (κ3) is 4.14. The van der Waals surface area contributed by atoms with Gasteiger partial charge >= 0.3 is 0 Å². The van der Waals surface area contributed by atoms with Gasteiger partial charge in [0.1, 0.15) is 5.00 Å². The molecule has 138 valence electrons. The van der Waals surface area contributed by atoms with Gasteiger partial charge in [0.05, 0.1) is 12.2 Å². The molecule has 1 heterocycles. The Bertz CT molecular complexity index is 813. The van der Waals surface area contributed by atoms with E-state index in [1.165, 1.54) is 16.2 Å². The number of hydrogen-bond donors (Lipinski definition) is 2. The summed E-state index contributed by atoms with van der Waals surface area (Å²) >= 11 is 1.53. The van der Waals surface area contributed by atoms with Crippen LogP contribution in [-0.4, -0.2) is 32.1 Å². The number of methoxy groups -OCH3 is 1. The Kier molecular flexibility index (Phi) is 6.06. The average molecular weight is 372 g/mol. The molecule has 0 spiro atoms. The fourth-order valence-electron chi connectivity index (χ4n) is 3.21. The second kappa shape index (κ2) is 8.47. The first-order valence-corrected chi connectivity index (χ1v) is 9.71. The Morgan fingerprint density at radius 1 is 1.19 bits per heavy atom. The van der Waals surface area contributed by atoms with E-state index in [2.05, 4.69) is 10.6 Å². The summed E-state index contributed by atoms with van der Waals surface area (Å²) in [5.74, 6) is -0.320. The highest BCUT2D eigenvalue weighted by molar-refractivity contribution is 7.17. The van der Waals surface area contributed by atoms with Crippen LogP contribution in [0.2, 0.25) is 0 Å². The van der Waals surface area contributed by atoms with Gasteiger partial charge in [-0.1, -0.05) is 17.7 Å². The topological polar surface area (TPSA) is 67.4 Å². The number of amides is 2. The molecule has 1 aliphatic carbocycles. The first kappa shape index (κ1) is 18.6. The lowest BCUT2D eigenvalue weighted by Gasteiger charge is -2.13. The van der Waals surface area contributed by atoms with Crippen molar-refractivity contribution in [2.45, 2.75) is 32.6 Å². The monoisotopic (exact) mass is 372 g/mol. The van der Waals surface area contributed by atoms with Crippen molar-refractivity contribution in [1.29, 1.82) is 0 Å². The van der Waals surface area contributed by atoms with Crippen LogP contribution in [0.4, 0.5) is 5.00 Å². The third-order valence-electron chi connectivity index (χ3n) is 4.50. The molecular formula is C20H24N2O3S. The smallest absolute Gasteiger partial charge is 0.256 e. The third-order valence-corrected chi connectivity index (χ3v) is 5.70. The summed E-state index contributed by atoms with van der Waals surface area (Å²) in [6, 6.07) is 7.45. The summed E-state index contributed by atoms with van der Waals surface area (Å²) in [4.78, 5) is 26.6. The summed E-state index contributed by atoms with van der Waals surface area (Å²) < 4.78 is 5.00. The molecule has 1 aromatic heterocycles. The second-order valence-corrected chi connectivity index (χ2v) is 7.59. The van der Waals surface area contributed by atoms with Crippen LogP contribution in [0.5, 0.6) is 0 Å². The van der Waals surface area contributed by atoms with Gasteiger partial charge in [-0.3, -0.25) is 9.59 Å². The predicted octanol–water partition coefficient (Wildman–Crippen LogP) is 3.56. The number of benzene rings is 1. The lowest BCUT2D eigenvalue weighted by molar-refractivity contribution is 0.0937. The standard InChI is InChI=1S/C20H24N2O3S/c1-13-6-5-7-14(12-13)18(23)22-20-17(19(24)21-10-11-25-2)15-8-3-4-9-16(15)26-20/h5-7,12H,3-4,8-11H2,1-2H3,(H,21,24)(H,22,23). The van der Waals surface area contributed by atoms with Crippen LogP contribution in [0, 0.1) is 6.92 Å². The summed E-state index contributed by atoms with van der Waals surface area (Å²) in [5, 5.41) is 6.51. The molecule has 0 radical (unpaired) electrons. The molecule has 0 unspecified atom stereocenters. The van der Waals surface area contributed by atoms with Gasteiger partial charge in [0, 0.05) is 24.1 Å². The fraction of sp³-hybridized carbons (Fsp3) is 0.400. The van der Waals surface area contributed by atoms with Crippen LogP contribution in [0.25, 0.3) is 0 Å². The zero-order valence-electron chi connectivity index (χ0n) is 15.2. The van der Waals surface area contributed by atoms with E-state index in [4.69, 9.17) is 4.74 Å². The number of anilines is 1. The van der Waals surface area contributed by atoms with E-state index >= 15 is 0 Å². The lowest BCUT2D eigenvalue weighted by Crippen LogP contribution is -2.28. The molecule has 0 fully saturated rings. The number of hydrogen-bond acceptors (Lipinski definition) is 4. The van der Waals surface area contributed by atoms with Crippen molar-refractivity contribution in [1.82, 2.24) is 5.32 Å². The van der Waals surface area contributed by atoms with E-state index in [9.17, 15) is 9.59 Å². The maximum atomic E-state index is 12.7. The first-order valence-electron chi connectivity index (χ1n) is 8.90. The van der Waals surface area contributed by atoms with E-state index < -0.39 is 0 Å². The van der Waals surface area contributed by atoms with E-state index in [0.717, 1.165) is 36.8 Å². The van der Waals surface area contributed by atoms with Gasteiger partial charge in [0.25, 0.3) is 11.8 Å².